The third-order valence-electron chi connectivity index (χ3n) is 2.97. The number of rotatable bonds is 2. The topological polar surface area (TPSA) is 86.3 Å². The summed E-state index contributed by atoms with van der Waals surface area (Å²) < 4.78 is 36.8. The van der Waals surface area contributed by atoms with Gasteiger partial charge in [0.1, 0.15) is 0 Å². The summed E-state index contributed by atoms with van der Waals surface area (Å²) in [5.41, 5.74) is 0.227. The van der Waals surface area contributed by atoms with Crippen molar-refractivity contribution >= 4 is 11.9 Å². The molecule has 0 aliphatic carbocycles. The number of alkyl halides is 3. The maximum atomic E-state index is 12.3. The molecule has 9 heteroatoms. The molecule has 19 heavy (non-hydrogen) atoms. The minimum Gasteiger partial charge on any atom is -0.476 e. The quantitative estimate of drug-likeness (QED) is 0.844. The van der Waals surface area contributed by atoms with Crippen LogP contribution in [0.1, 0.15) is 28.5 Å². The number of carboxylic acid groups (broad SMARTS) is 1. The number of H-pyrrole nitrogens is 1. The normalized spacial score (nSPS) is 19.7. The van der Waals surface area contributed by atoms with Crippen molar-refractivity contribution in [2.75, 3.05) is 13.1 Å². The van der Waals surface area contributed by atoms with E-state index in [4.69, 9.17) is 5.11 Å². The van der Waals surface area contributed by atoms with Crippen LogP contribution in [-0.4, -0.2) is 51.3 Å². The highest BCUT2D eigenvalue weighted by atomic mass is 19.4. The van der Waals surface area contributed by atoms with Crippen LogP contribution in [0, 0.1) is 0 Å². The Balaban J connectivity index is 2.05. The fourth-order valence-corrected chi connectivity index (χ4v) is 2.03. The Morgan fingerprint density at radius 1 is 1.47 bits per heavy atom. The zero-order valence-electron chi connectivity index (χ0n) is 9.57. The lowest BCUT2D eigenvalue weighted by Gasteiger charge is -2.17. The van der Waals surface area contributed by atoms with E-state index in [0.29, 0.717) is 17.0 Å². The number of aromatic amines is 1. The lowest BCUT2D eigenvalue weighted by atomic mass is 10.1. The molecule has 1 amide bonds. The van der Waals surface area contributed by atoms with Crippen LogP contribution in [0.15, 0.2) is 6.07 Å². The second kappa shape index (κ2) is 4.56. The molecule has 0 radical (unpaired) electrons. The van der Waals surface area contributed by atoms with E-state index >= 15 is 0 Å². The highest BCUT2D eigenvalue weighted by Crippen LogP contribution is 2.29. The second-order valence-electron chi connectivity index (χ2n) is 4.25. The van der Waals surface area contributed by atoms with Gasteiger partial charge in [-0.15, -0.1) is 0 Å². The molecule has 2 N–H and O–H groups in total. The van der Waals surface area contributed by atoms with Crippen LogP contribution in [0.5, 0.6) is 0 Å². The number of aromatic nitrogens is 2. The number of carbonyl (C=O) groups is 2. The largest absolute Gasteiger partial charge is 0.476 e. The molecule has 0 saturated carbocycles. The molecule has 1 unspecified atom stereocenters. The molecule has 0 aromatic carbocycles. The van der Waals surface area contributed by atoms with Crippen molar-refractivity contribution in [2.45, 2.75) is 18.5 Å². The number of nitrogens with one attached hydrogen (secondary N) is 1. The van der Waals surface area contributed by atoms with Gasteiger partial charge in [-0.05, 0) is 12.5 Å². The predicted octanol–water partition coefficient (Wildman–Crippen LogP) is 0.986. The molecule has 1 aliphatic heterocycles. The molecule has 6 nitrogen and oxygen atoms in total. The summed E-state index contributed by atoms with van der Waals surface area (Å²) in [6.45, 7) is -0.107. The lowest BCUT2D eigenvalue weighted by molar-refractivity contribution is -0.184. The minimum absolute atomic E-state index is 0.00949. The second-order valence-corrected chi connectivity index (χ2v) is 4.25. The molecule has 0 bridgehead atoms. The molecule has 1 atom stereocenters. The fraction of sp³-hybridized carbons (Fsp3) is 0.500. The molecule has 0 spiro atoms. The molecule has 1 aromatic rings. The average molecular weight is 277 g/mol. The summed E-state index contributed by atoms with van der Waals surface area (Å²) in [7, 11) is 0. The van der Waals surface area contributed by atoms with Gasteiger partial charge >= 0.3 is 18.1 Å². The SMILES string of the molecule is O=C(O)c1cc(C2CCN(C(=O)C(F)(F)F)C2)[nH]n1. The van der Waals surface area contributed by atoms with Crippen LogP contribution >= 0.6 is 0 Å². The molecule has 104 valence electrons. The monoisotopic (exact) mass is 277 g/mol. The molecule has 1 saturated heterocycles. The van der Waals surface area contributed by atoms with E-state index in [9.17, 15) is 22.8 Å². The van der Waals surface area contributed by atoms with Gasteiger partial charge in [0.25, 0.3) is 0 Å². The molecular weight excluding hydrogens is 267 g/mol. The van der Waals surface area contributed by atoms with Crippen LogP contribution in [-0.2, 0) is 4.79 Å². The summed E-state index contributed by atoms with van der Waals surface area (Å²) in [4.78, 5) is 22.4. The smallest absolute Gasteiger partial charge is 0.471 e. The summed E-state index contributed by atoms with van der Waals surface area (Å²) in [6, 6.07) is 1.27. The van der Waals surface area contributed by atoms with Crippen LogP contribution in [0.25, 0.3) is 0 Å². The summed E-state index contributed by atoms with van der Waals surface area (Å²) in [6.07, 6.45) is -4.54. The predicted molar refractivity (Wildman–Crippen MR) is 55.5 cm³/mol. The Hall–Kier alpha value is -2.06. The summed E-state index contributed by atoms with van der Waals surface area (Å²) >= 11 is 0. The Morgan fingerprint density at radius 3 is 2.68 bits per heavy atom. The Bertz CT molecular complexity index is 512. The molecule has 1 fully saturated rings. The summed E-state index contributed by atoms with van der Waals surface area (Å²) in [5.74, 6) is -3.44. The minimum atomic E-state index is -4.88. The van der Waals surface area contributed by atoms with Crippen molar-refractivity contribution in [3.05, 3.63) is 17.5 Å². The van der Waals surface area contributed by atoms with Gasteiger partial charge in [-0.3, -0.25) is 9.89 Å². The van der Waals surface area contributed by atoms with Crippen molar-refractivity contribution < 1.29 is 27.9 Å². The first kappa shape index (κ1) is 13.4. The van der Waals surface area contributed by atoms with Crippen LogP contribution in [0.4, 0.5) is 13.2 Å². The van der Waals surface area contributed by atoms with Crippen molar-refractivity contribution in [1.29, 1.82) is 0 Å². The highest BCUT2D eigenvalue weighted by Gasteiger charge is 2.44. The Kier molecular flexibility index (Phi) is 3.21. The van der Waals surface area contributed by atoms with Crippen LogP contribution in [0.3, 0.4) is 0 Å². The van der Waals surface area contributed by atoms with E-state index in [-0.39, 0.29) is 24.7 Å². The van der Waals surface area contributed by atoms with Crippen molar-refractivity contribution in [3.8, 4) is 0 Å². The third-order valence-corrected chi connectivity index (χ3v) is 2.97. The van der Waals surface area contributed by atoms with Gasteiger partial charge in [0.15, 0.2) is 5.69 Å². The molecule has 2 rings (SSSR count). The van der Waals surface area contributed by atoms with Gasteiger partial charge < -0.3 is 10.0 Å². The van der Waals surface area contributed by atoms with Gasteiger partial charge in [0.05, 0.1) is 0 Å². The molecule has 1 aliphatic rings. The molecule has 1 aromatic heterocycles. The zero-order valence-corrected chi connectivity index (χ0v) is 9.57. The number of carboxylic acids is 1. The van der Waals surface area contributed by atoms with E-state index < -0.39 is 18.1 Å². The zero-order chi connectivity index (χ0) is 14.2. The van der Waals surface area contributed by atoms with Gasteiger partial charge in [-0.25, -0.2) is 4.79 Å². The number of halogens is 3. The maximum absolute atomic E-state index is 12.3. The number of carbonyl (C=O) groups excluding carboxylic acids is 1. The number of aromatic carboxylic acids is 1. The molecule has 2 heterocycles. The third kappa shape index (κ3) is 2.69. The van der Waals surface area contributed by atoms with Gasteiger partial charge in [0.2, 0.25) is 0 Å². The van der Waals surface area contributed by atoms with E-state index in [1.165, 1.54) is 6.07 Å². The standard InChI is InChI=1S/C10H10F3N3O3/c11-10(12,13)9(19)16-2-1-5(4-16)6-3-7(8(17)18)15-14-6/h3,5H,1-2,4H2,(H,14,15)(H,17,18). The number of nitrogens with zero attached hydrogens (tertiary/aromatic N) is 2. The van der Waals surface area contributed by atoms with Crippen LogP contribution < -0.4 is 0 Å². The van der Waals surface area contributed by atoms with Crippen molar-refractivity contribution in [2.24, 2.45) is 0 Å². The first-order valence-corrected chi connectivity index (χ1v) is 5.43. The summed E-state index contributed by atoms with van der Waals surface area (Å²) in [5, 5.41) is 14.7. The van der Waals surface area contributed by atoms with Crippen molar-refractivity contribution in [3.63, 3.8) is 0 Å². The van der Waals surface area contributed by atoms with Crippen molar-refractivity contribution in [1.82, 2.24) is 15.1 Å². The van der Waals surface area contributed by atoms with Gasteiger partial charge in [-0.2, -0.15) is 18.3 Å². The number of likely N-dealkylation sites (tertiary alicyclic amines) is 1. The highest BCUT2D eigenvalue weighted by molar-refractivity contribution is 5.85. The van der Waals surface area contributed by atoms with Crippen LogP contribution in [0.2, 0.25) is 0 Å². The van der Waals surface area contributed by atoms with Gasteiger partial charge in [-0.1, -0.05) is 0 Å². The van der Waals surface area contributed by atoms with E-state index in [1.54, 1.807) is 0 Å². The van der Waals surface area contributed by atoms with E-state index in [1.807, 2.05) is 0 Å². The first-order chi connectivity index (χ1) is 8.79. The fourth-order valence-electron chi connectivity index (χ4n) is 2.03. The average Bonchev–Trinajstić information content (AvgIpc) is 2.95. The number of hydrogen-bond acceptors (Lipinski definition) is 3. The van der Waals surface area contributed by atoms with E-state index in [2.05, 4.69) is 10.2 Å². The Morgan fingerprint density at radius 2 is 2.16 bits per heavy atom. The first-order valence-electron chi connectivity index (χ1n) is 5.43. The molecular formula is C10H10F3N3O3. The number of amides is 1. The lowest BCUT2D eigenvalue weighted by Crippen LogP contribution is -2.39. The van der Waals surface area contributed by atoms with E-state index in [0.717, 1.165) is 0 Å². The number of hydrogen-bond donors (Lipinski definition) is 2. The van der Waals surface area contributed by atoms with Gasteiger partial charge in [0, 0.05) is 24.7 Å². The maximum Gasteiger partial charge on any atom is 0.471 e. The Labute approximate surface area is 105 Å².